The summed E-state index contributed by atoms with van der Waals surface area (Å²) in [6.07, 6.45) is 0. The molecule has 1 heterocycles. The first-order valence-electron chi connectivity index (χ1n) is 2.61. The van der Waals surface area contributed by atoms with E-state index < -0.39 is 0 Å². The predicted molar refractivity (Wildman–Crippen MR) is 34.9 cm³/mol. The number of hydrogen-bond acceptors (Lipinski definition) is 3. The molecule has 1 aromatic rings. The van der Waals surface area contributed by atoms with E-state index in [0.717, 1.165) is 5.82 Å². The minimum Gasteiger partial charge on any atom is -0.168 e. The largest absolute Gasteiger partial charge is 0.307 e. The Balaban J connectivity index is 3.01. The number of tetrazole rings is 1. The summed E-state index contributed by atoms with van der Waals surface area (Å²) in [5.41, 5.74) is 0. The van der Waals surface area contributed by atoms with Crippen molar-refractivity contribution in [3.8, 4) is 0 Å². The molecule has 0 radical (unpaired) electrons. The number of hydrogen-bond donors (Lipinski definition) is 1. The molecule has 0 aliphatic rings. The second kappa shape index (κ2) is 2.34. The third-order valence-corrected chi connectivity index (χ3v) is 1.32. The Labute approximate surface area is 58.9 Å². The molecule has 0 N–H and O–H groups in total. The first-order valence-corrected chi connectivity index (χ1v) is 3.24. The fraction of sp³-hybridized carbons (Fsp3) is 0.750. The van der Waals surface area contributed by atoms with Crippen molar-refractivity contribution in [1.29, 1.82) is 0 Å². The van der Waals surface area contributed by atoms with Crippen LogP contribution in [-0.4, -0.2) is 15.1 Å². The third-order valence-electron chi connectivity index (χ3n) is 1.04. The fourth-order valence-corrected chi connectivity index (χ4v) is 0.899. The molecule has 1 rings (SSSR count). The molecule has 0 unspecified atom stereocenters. The molecule has 0 aliphatic heterocycles. The highest BCUT2D eigenvalue weighted by Gasteiger charge is 2.09. The Morgan fingerprint density at radius 3 is 2.67 bits per heavy atom. The summed E-state index contributed by atoms with van der Waals surface area (Å²) in [7, 11) is 3.63. The summed E-state index contributed by atoms with van der Waals surface area (Å²) in [6.45, 7) is 0. The lowest BCUT2D eigenvalue weighted by molar-refractivity contribution is -0.738. The first kappa shape index (κ1) is 6.54. The van der Waals surface area contributed by atoms with Crippen molar-refractivity contribution in [2.24, 2.45) is 14.1 Å². The van der Waals surface area contributed by atoms with E-state index in [1.807, 2.05) is 7.05 Å². The van der Waals surface area contributed by atoms with E-state index in [9.17, 15) is 0 Å². The van der Waals surface area contributed by atoms with Gasteiger partial charge in [0.25, 0.3) is 0 Å². The maximum Gasteiger partial charge on any atom is 0.307 e. The minimum absolute atomic E-state index is 0.629. The standard InChI is InChI=1S/C4H8N4S/c1-7-4(3-9)5-8(2)6-7/h3H2,1-2H3/p+1. The van der Waals surface area contributed by atoms with Crippen molar-refractivity contribution in [2.45, 2.75) is 5.75 Å². The van der Waals surface area contributed by atoms with Crippen LogP contribution in [0, 0.1) is 0 Å². The molecule has 0 aliphatic carbocycles. The molecule has 0 amide bonds. The van der Waals surface area contributed by atoms with Crippen LogP contribution in [0.15, 0.2) is 0 Å². The van der Waals surface area contributed by atoms with Gasteiger partial charge in [0, 0.05) is 0 Å². The summed E-state index contributed by atoms with van der Waals surface area (Å²) in [5, 5.41) is 7.98. The quantitative estimate of drug-likeness (QED) is 0.409. The van der Waals surface area contributed by atoms with Gasteiger partial charge in [0.15, 0.2) is 0 Å². The van der Waals surface area contributed by atoms with Crippen LogP contribution in [-0.2, 0) is 19.8 Å². The maximum atomic E-state index is 4.06. The average Bonchev–Trinajstić information content (AvgIpc) is 2.10. The average molecular weight is 145 g/mol. The molecule has 0 spiro atoms. The summed E-state index contributed by atoms with van der Waals surface area (Å²) in [6, 6.07) is 0. The van der Waals surface area contributed by atoms with Gasteiger partial charge in [-0.05, 0) is 4.80 Å². The summed E-state index contributed by atoms with van der Waals surface area (Å²) >= 11 is 4.06. The van der Waals surface area contributed by atoms with Crippen molar-refractivity contribution >= 4 is 12.6 Å². The van der Waals surface area contributed by atoms with Crippen molar-refractivity contribution in [3.05, 3.63) is 5.82 Å². The van der Waals surface area contributed by atoms with Gasteiger partial charge < -0.3 is 0 Å². The normalized spacial score (nSPS) is 10.1. The van der Waals surface area contributed by atoms with Gasteiger partial charge in [-0.2, -0.15) is 12.6 Å². The lowest BCUT2D eigenvalue weighted by Gasteiger charge is -1.77. The van der Waals surface area contributed by atoms with E-state index in [1.165, 1.54) is 4.80 Å². The number of nitrogens with zero attached hydrogens (tertiary/aromatic N) is 4. The van der Waals surface area contributed by atoms with Gasteiger partial charge >= 0.3 is 5.82 Å². The number of aromatic nitrogens is 4. The Hall–Kier alpha value is -0.580. The SMILES string of the molecule is Cn1nc(CS)[n+](C)n1. The highest BCUT2D eigenvalue weighted by atomic mass is 32.1. The van der Waals surface area contributed by atoms with Gasteiger partial charge in [0.1, 0.15) is 7.05 Å². The van der Waals surface area contributed by atoms with Crippen LogP contribution in [0.3, 0.4) is 0 Å². The van der Waals surface area contributed by atoms with Gasteiger partial charge in [0.2, 0.25) is 0 Å². The molecule has 0 fully saturated rings. The highest BCUT2D eigenvalue weighted by Crippen LogP contribution is 1.86. The Morgan fingerprint density at radius 1 is 1.78 bits per heavy atom. The van der Waals surface area contributed by atoms with E-state index in [4.69, 9.17) is 0 Å². The van der Waals surface area contributed by atoms with E-state index in [0.29, 0.717) is 5.75 Å². The lowest BCUT2D eigenvalue weighted by Crippen LogP contribution is -2.34. The molecule has 1 aromatic heterocycles. The molecule has 0 saturated heterocycles. The van der Waals surface area contributed by atoms with Crippen LogP contribution in [0.25, 0.3) is 0 Å². The van der Waals surface area contributed by atoms with Crippen molar-refractivity contribution in [3.63, 3.8) is 0 Å². The summed E-state index contributed by atoms with van der Waals surface area (Å²) in [5.74, 6) is 1.51. The Morgan fingerprint density at radius 2 is 2.44 bits per heavy atom. The molecule has 0 aromatic carbocycles. The van der Waals surface area contributed by atoms with Gasteiger partial charge in [-0.3, -0.25) is 0 Å². The van der Waals surface area contributed by atoms with Crippen LogP contribution >= 0.6 is 12.6 Å². The molecule has 5 heteroatoms. The maximum absolute atomic E-state index is 4.06. The second-order valence-corrected chi connectivity index (χ2v) is 2.09. The topological polar surface area (TPSA) is 34.6 Å². The zero-order valence-electron chi connectivity index (χ0n) is 5.44. The van der Waals surface area contributed by atoms with E-state index in [2.05, 4.69) is 22.9 Å². The summed E-state index contributed by atoms with van der Waals surface area (Å²) in [4.78, 5) is 1.52. The monoisotopic (exact) mass is 145 g/mol. The van der Waals surface area contributed by atoms with E-state index >= 15 is 0 Å². The van der Waals surface area contributed by atoms with Crippen LogP contribution < -0.4 is 4.68 Å². The van der Waals surface area contributed by atoms with Crippen molar-refractivity contribution in [1.82, 2.24) is 15.1 Å². The zero-order valence-corrected chi connectivity index (χ0v) is 6.34. The minimum atomic E-state index is 0.629. The number of thiol groups is 1. The third kappa shape index (κ3) is 1.21. The van der Waals surface area contributed by atoms with E-state index in [1.54, 1.807) is 11.7 Å². The molecule has 0 saturated carbocycles. The molecular formula is C4H9N4S+. The molecule has 9 heavy (non-hydrogen) atoms. The predicted octanol–water partition coefficient (Wildman–Crippen LogP) is -0.931. The fourth-order valence-electron chi connectivity index (χ4n) is 0.632. The molecule has 0 bridgehead atoms. The lowest BCUT2D eigenvalue weighted by atomic mass is 10.7. The van der Waals surface area contributed by atoms with E-state index in [-0.39, 0.29) is 0 Å². The van der Waals surface area contributed by atoms with Crippen LogP contribution in [0.1, 0.15) is 5.82 Å². The number of rotatable bonds is 1. The smallest absolute Gasteiger partial charge is 0.168 e. The summed E-state index contributed by atoms with van der Waals surface area (Å²) < 4.78 is 1.70. The van der Waals surface area contributed by atoms with Crippen LogP contribution in [0.5, 0.6) is 0 Å². The Kier molecular flexibility index (Phi) is 1.70. The van der Waals surface area contributed by atoms with Gasteiger partial charge in [-0.25, -0.2) is 0 Å². The van der Waals surface area contributed by atoms with Gasteiger partial charge in [0.05, 0.1) is 23.1 Å². The molecular weight excluding hydrogens is 136 g/mol. The molecule has 0 atom stereocenters. The van der Waals surface area contributed by atoms with Crippen molar-refractivity contribution in [2.75, 3.05) is 0 Å². The second-order valence-electron chi connectivity index (χ2n) is 1.78. The molecule has 4 nitrogen and oxygen atoms in total. The zero-order chi connectivity index (χ0) is 6.85. The van der Waals surface area contributed by atoms with Gasteiger partial charge in [-0.15, -0.1) is 4.68 Å². The van der Waals surface area contributed by atoms with Crippen LogP contribution in [0.2, 0.25) is 0 Å². The van der Waals surface area contributed by atoms with Gasteiger partial charge in [-0.1, -0.05) is 0 Å². The van der Waals surface area contributed by atoms with Crippen molar-refractivity contribution < 1.29 is 4.68 Å². The highest BCUT2D eigenvalue weighted by molar-refractivity contribution is 7.79. The van der Waals surface area contributed by atoms with Crippen LogP contribution in [0.4, 0.5) is 0 Å². The Bertz CT molecular complexity index is 206. The number of aryl methyl sites for hydroxylation is 2. The molecule has 50 valence electrons. The first-order chi connectivity index (χ1) is 4.24.